The number of anilines is 1. The molecular formula is C17H22N4O4S. The third-order valence-electron chi connectivity index (χ3n) is 4.42. The Kier molecular flexibility index (Phi) is 6.37. The van der Waals surface area contributed by atoms with Crippen LogP contribution in [0.4, 0.5) is 5.69 Å². The fourth-order valence-corrected chi connectivity index (χ4v) is 3.31. The molecule has 8 nitrogen and oxygen atoms in total. The van der Waals surface area contributed by atoms with Gasteiger partial charge in [0.1, 0.15) is 11.6 Å². The number of nitriles is 1. The van der Waals surface area contributed by atoms with E-state index in [1.54, 1.807) is 18.0 Å². The molecule has 0 radical (unpaired) electrons. The van der Waals surface area contributed by atoms with Gasteiger partial charge in [-0.3, -0.25) is 9.35 Å². The molecule has 1 aromatic rings. The van der Waals surface area contributed by atoms with Crippen molar-refractivity contribution in [1.29, 1.82) is 5.26 Å². The van der Waals surface area contributed by atoms with E-state index in [0.717, 1.165) is 25.9 Å². The first-order valence-electron chi connectivity index (χ1n) is 8.12. The molecule has 0 bridgehead atoms. The van der Waals surface area contributed by atoms with E-state index in [9.17, 15) is 18.5 Å². The zero-order valence-electron chi connectivity index (χ0n) is 14.7. The van der Waals surface area contributed by atoms with E-state index in [2.05, 4.69) is 10.2 Å². The number of nitrogens with one attached hydrogen (secondary N) is 1. The van der Waals surface area contributed by atoms with Crippen molar-refractivity contribution in [3.63, 3.8) is 0 Å². The molecule has 9 heteroatoms. The maximum Gasteiger partial charge on any atom is 0.294 e. The van der Waals surface area contributed by atoms with Gasteiger partial charge in [0.2, 0.25) is 0 Å². The van der Waals surface area contributed by atoms with Gasteiger partial charge in [-0.05, 0) is 51.2 Å². The van der Waals surface area contributed by atoms with Crippen molar-refractivity contribution in [2.24, 2.45) is 0 Å². The standard InChI is InChI=1S/C17H22N4O4S/c1-20-8-6-15(7-9-20)21(2)17(22)13(11-18)12-19-14-4-3-5-16(10-14)26(23,24)25/h3-5,10,12,15,19H,6-9H2,1-2H3,(H,23,24,25)/b13-12-. The minimum Gasteiger partial charge on any atom is -0.360 e. The van der Waals surface area contributed by atoms with E-state index in [0.29, 0.717) is 5.69 Å². The Labute approximate surface area is 153 Å². The molecule has 0 saturated carbocycles. The number of benzene rings is 1. The summed E-state index contributed by atoms with van der Waals surface area (Å²) < 4.78 is 31.4. The molecule has 1 amide bonds. The maximum absolute atomic E-state index is 12.5. The van der Waals surface area contributed by atoms with E-state index in [1.807, 2.05) is 13.1 Å². The SMILES string of the molecule is CN1CCC(N(C)C(=O)/C(C#N)=C\Nc2cccc(S(=O)(=O)O)c2)CC1. The van der Waals surface area contributed by atoms with Gasteiger partial charge in [-0.25, -0.2) is 0 Å². The van der Waals surface area contributed by atoms with Gasteiger partial charge in [0.15, 0.2) is 0 Å². The Hall–Kier alpha value is -2.41. The summed E-state index contributed by atoms with van der Waals surface area (Å²) >= 11 is 0. The lowest BCUT2D eigenvalue weighted by Crippen LogP contribution is -2.44. The Morgan fingerprint density at radius 2 is 2.08 bits per heavy atom. The molecule has 1 aliphatic rings. The van der Waals surface area contributed by atoms with Crippen LogP contribution in [0, 0.1) is 11.3 Å². The number of likely N-dealkylation sites (N-methyl/N-ethyl adjacent to an activating group) is 1. The smallest absolute Gasteiger partial charge is 0.294 e. The molecule has 140 valence electrons. The van der Waals surface area contributed by atoms with Gasteiger partial charge in [0, 0.05) is 25.0 Å². The summed E-state index contributed by atoms with van der Waals surface area (Å²) in [5, 5.41) is 12.0. The third-order valence-corrected chi connectivity index (χ3v) is 5.27. The number of carbonyl (C=O) groups is 1. The van der Waals surface area contributed by atoms with Gasteiger partial charge in [0.05, 0.1) is 4.90 Å². The van der Waals surface area contributed by atoms with Gasteiger partial charge in [-0.1, -0.05) is 6.07 Å². The summed E-state index contributed by atoms with van der Waals surface area (Å²) in [5.74, 6) is -0.388. The first-order chi connectivity index (χ1) is 12.2. The predicted molar refractivity (Wildman–Crippen MR) is 96.9 cm³/mol. The number of hydrogen-bond donors (Lipinski definition) is 2. The fourth-order valence-electron chi connectivity index (χ4n) is 2.78. The molecule has 1 saturated heterocycles. The fraction of sp³-hybridized carbons (Fsp3) is 0.412. The zero-order valence-corrected chi connectivity index (χ0v) is 15.5. The summed E-state index contributed by atoms with van der Waals surface area (Å²) in [5.41, 5.74) is 0.256. The highest BCUT2D eigenvalue weighted by Crippen LogP contribution is 2.18. The highest BCUT2D eigenvalue weighted by Gasteiger charge is 2.25. The number of piperidine rings is 1. The Bertz CT molecular complexity index is 837. The van der Waals surface area contributed by atoms with Crippen LogP contribution in [0.3, 0.4) is 0 Å². The second-order valence-electron chi connectivity index (χ2n) is 6.27. The minimum atomic E-state index is -4.32. The molecule has 2 rings (SSSR count). The van der Waals surface area contributed by atoms with Crippen molar-refractivity contribution >= 4 is 21.7 Å². The molecule has 0 atom stereocenters. The summed E-state index contributed by atoms with van der Waals surface area (Å²) in [6.07, 6.45) is 2.94. The van der Waals surface area contributed by atoms with Gasteiger partial charge in [0.25, 0.3) is 16.0 Å². The van der Waals surface area contributed by atoms with Crippen LogP contribution in [0.5, 0.6) is 0 Å². The van der Waals surface area contributed by atoms with Crippen molar-refractivity contribution in [3.8, 4) is 6.07 Å². The van der Waals surface area contributed by atoms with Crippen LogP contribution < -0.4 is 5.32 Å². The van der Waals surface area contributed by atoms with Crippen LogP contribution in [-0.2, 0) is 14.9 Å². The molecule has 0 unspecified atom stereocenters. The molecule has 0 aromatic heterocycles. The number of amides is 1. The normalized spacial score (nSPS) is 16.8. The van der Waals surface area contributed by atoms with Crippen molar-refractivity contribution in [2.45, 2.75) is 23.8 Å². The quantitative estimate of drug-likeness (QED) is 0.451. The third kappa shape index (κ3) is 5.05. The Morgan fingerprint density at radius 1 is 1.42 bits per heavy atom. The molecule has 1 aliphatic heterocycles. The largest absolute Gasteiger partial charge is 0.360 e. The summed E-state index contributed by atoms with van der Waals surface area (Å²) in [7, 11) is -0.609. The summed E-state index contributed by atoms with van der Waals surface area (Å²) in [6, 6.07) is 7.42. The number of rotatable bonds is 5. The van der Waals surface area contributed by atoms with E-state index < -0.39 is 10.1 Å². The van der Waals surface area contributed by atoms with E-state index in [1.165, 1.54) is 24.4 Å². The molecule has 26 heavy (non-hydrogen) atoms. The highest BCUT2D eigenvalue weighted by atomic mass is 32.2. The molecule has 1 aromatic carbocycles. The topological polar surface area (TPSA) is 114 Å². The monoisotopic (exact) mass is 378 g/mol. The second-order valence-corrected chi connectivity index (χ2v) is 7.69. The van der Waals surface area contributed by atoms with Crippen LogP contribution in [0.15, 0.2) is 40.9 Å². The van der Waals surface area contributed by atoms with Crippen LogP contribution in [0.2, 0.25) is 0 Å². The van der Waals surface area contributed by atoms with E-state index in [4.69, 9.17) is 4.55 Å². The molecule has 0 spiro atoms. The summed E-state index contributed by atoms with van der Waals surface area (Å²) in [6.45, 7) is 1.79. The maximum atomic E-state index is 12.5. The van der Waals surface area contributed by atoms with Crippen molar-refractivity contribution < 1.29 is 17.8 Å². The summed E-state index contributed by atoms with van der Waals surface area (Å²) in [4.78, 5) is 16.0. The molecular weight excluding hydrogens is 356 g/mol. The average Bonchev–Trinajstić information content (AvgIpc) is 2.61. The minimum absolute atomic E-state index is 0.0799. The van der Waals surface area contributed by atoms with E-state index >= 15 is 0 Å². The number of hydrogen-bond acceptors (Lipinski definition) is 6. The van der Waals surface area contributed by atoms with Gasteiger partial charge in [-0.2, -0.15) is 13.7 Å². The molecule has 0 aliphatic carbocycles. The highest BCUT2D eigenvalue weighted by molar-refractivity contribution is 7.85. The van der Waals surface area contributed by atoms with Gasteiger partial charge >= 0.3 is 0 Å². The molecule has 2 N–H and O–H groups in total. The van der Waals surface area contributed by atoms with Crippen LogP contribution in [0.25, 0.3) is 0 Å². The Balaban J connectivity index is 2.10. The van der Waals surface area contributed by atoms with Crippen LogP contribution in [0.1, 0.15) is 12.8 Å². The van der Waals surface area contributed by atoms with Gasteiger partial charge < -0.3 is 15.1 Å². The van der Waals surface area contributed by atoms with Crippen LogP contribution in [-0.4, -0.2) is 61.9 Å². The molecule has 1 heterocycles. The number of nitrogens with zero attached hydrogens (tertiary/aromatic N) is 3. The van der Waals surface area contributed by atoms with E-state index in [-0.39, 0.29) is 22.4 Å². The first kappa shape index (κ1) is 19.9. The van der Waals surface area contributed by atoms with Crippen LogP contribution >= 0.6 is 0 Å². The van der Waals surface area contributed by atoms with Crippen molar-refractivity contribution in [3.05, 3.63) is 36.0 Å². The molecule has 1 fully saturated rings. The van der Waals surface area contributed by atoms with Crippen molar-refractivity contribution in [1.82, 2.24) is 9.80 Å². The number of carbonyl (C=O) groups excluding carboxylic acids is 1. The lowest BCUT2D eigenvalue weighted by Gasteiger charge is -2.34. The van der Waals surface area contributed by atoms with Gasteiger partial charge in [-0.15, -0.1) is 0 Å². The zero-order chi connectivity index (χ0) is 19.3. The average molecular weight is 378 g/mol. The van der Waals surface area contributed by atoms with Crippen molar-refractivity contribution in [2.75, 3.05) is 32.5 Å². The second kappa shape index (κ2) is 8.31. The first-order valence-corrected chi connectivity index (χ1v) is 9.56. The predicted octanol–water partition coefficient (Wildman–Crippen LogP) is 1.31. The lowest BCUT2D eigenvalue weighted by molar-refractivity contribution is -0.128. The lowest BCUT2D eigenvalue weighted by atomic mass is 10.0. The number of likely N-dealkylation sites (tertiary alicyclic amines) is 1. The Morgan fingerprint density at radius 3 is 2.65 bits per heavy atom.